The van der Waals surface area contributed by atoms with Gasteiger partial charge in [-0.3, -0.25) is 4.79 Å². The van der Waals surface area contributed by atoms with E-state index in [2.05, 4.69) is 41.4 Å². The molecule has 1 aliphatic heterocycles. The summed E-state index contributed by atoms with van der Waals surface area (Å²) in [6.45, 7) is 3.69. The van der Waals surface area contributed by atoms with Crippen LogP contribution in [0.3, 0.4) is 0 Å². The van der Waals surface area contributed by atoms with Gasteiger partial charge in [0, 0.05) is 37.3 Å². The van der Waals surface area contributed by atoms with Crippen LogP contribution in [-0.2, 0) is 11.2 Å². The first-order valence-electron chi connectivity index (χ1n) is 8.57. The Labute approximate surface area is 168 Å². The summed E-state index contributed by atoms with van der Waals surface area (Å²) in [5.41, 5.74) is 9.78. The molecule has 1 amide bonds. The molecule has 1 aliphatic rings. The van der Waals surface area contributed by atoms with Crippen LogP contribution in [0.1, 0.15) is 30.5 Å². The van der Waals surface area contributed by atoms with E-state index in [1.54, 1.807) is 0 Å². The molecule has 1 heterocycles. The molecule has 26 heavy (non-hydrogen) atoms. The lowest BCUT2D eigenvalue weighted by Gasteiger charge is -2.25. The van der Waals surface area contributed by atoms with Crippen molar-refractivity contribution in [3.8, 4) is 0 Å². The molecule has 0 fully saturated rings. The van der Waals surface area contributed by atoms with Crippen LogP contribution in [0.4, 0.5) is 5.69 Å². The molecule has 3 N–H and O–H groups in total. The molecule has 142 valence electrons. The van der Waals surface area contributed by atoms with Gasteiger partial charge < -0.3 is 16.0 Å². The fraction of sp³-hybridized carbons (Fsp3) is 0.350. The average Bonchev–Trinajstić information content (AvgIpc) is 2.91. The van der Waals surface area contributed by atoms with Crippen LogP contribution in [0, 0.1) is 0 Å². The van der Waals surface area contributed by atoms with Crippen molar-refractivity contribution in [2.75, 3.05) is 18.0 Å². The van der Waals surface area contributed by atoms with Crippen LogP contribution >= 0.6 is 24.8 Å². The summed E-state index contributed by atoms with van der Waals surface area (Å²) in [5, 5.41) is 3.00. The Hall–Kier alpha value is -1.75. The van der Waals surface area contributed by atoms with Crippen molar-refractivity contribution in [3.63, 3.8) is 0 Å². The highest BCUT2D eigenvalue weighted by Crippen LogP contribution is 2.31. The number of fused-ring (bicyclic) bond motifs is 1. The summed E-state index contributed by atoms with van der Waals surface area (Å²) in [4.78, 5) is 14.5. The molecule has 0 bridgehead atoms. The third-order valence-electron chi connectivity index (χ3n) is 4.66. The number of nitrogens with one attached hydrogen (secondary N) is 1. The predicted molar refractivity (Wildman–Crippen MR) is 112 cm³/mol. The summed E-state index contributed by atoms with van der Waals surface area (Å²) in [6, 6.07) is 18.5. The normalized spacial score (nSPS) is 16.1. The van der Waals surface area contributed by atoms with Gasteiger partial charge in [0.1, 0.15) is 0 Å². The molecule has 2 aromatic carbocycles. The van der Waals surface area contributed by atoms with E-state index in [1.807, 2.05) is 30.3 Å². The summed E-state index contributed by atoms with van der Waals surface area (Å²) >= 11 is 0. The Bertz CT molecular complexity index is 696. The molecule has 0 spiro atoms. The number of benzene rings is 2. The first-order valence-corrected chi connectivity index (χ1v) is 8.57. The van der Waals surface area contributed by atoms with Crippen molar-refractivity contribution in [2.45, 2.75) is 31.8 Å². The van der Waals surface area contributed by atoms with Crippen molar-refractivity contribution < 1.29 is 4.79 Å². The molecule has 0 radical (unpaired) electrons. The maximum Gasteiger partial charge on any atom is 0.221 e. The van der Waals surface area contributed by atoms with Crippen molar-refractivity contribution in [3.05, 3.63) is 65.7 Å². The highest BCUT2D eigenvalue weighted by atomic mass is 35.5. The Morgan fingerprint density at radius 1 is 1.15 bits per heavy atom. The second-order valence-corrected chi connectivity index (χ2v) is 6.45. The topological polar surface area (TPSA) is 58.4 Å². The summed E-state index contributed by atoms with van der Waals surface area (Å²) in [5.74, 6) is 0.00601. The van der Waals surface area contributed by atoms with E-state index in [4.69, 9.17) is 5.73 Å². The summed E-state index contributed by atoms with van der Waals surface area (Å²) in [7, 11) is 0. The van der Waals surface area contributed by atoms with Crippen LogP contribution in [0.2, 0.25) is 0 Å². The van der Waals surface area contributed by atoms with Gasteiger partial charge in [0.2, 0.25) is 5.91 Å². The molecule has 0 saturated carbocycles. The Morgan fingerprint density at radius 3 is 2.54 bits per heavy atom. The number of para-hydroxylation sites is 1. The van der Waals surface area contributed by atoms with Crippen LogP contribution in [-0.4, -0.2) is 25.0 Å². The number of rotatable bonds is 6. The average molecular weight is 396 g/mol. The minimum absolute atomic E-state index is 0. The molecule has 6 heteroatoms. The number of hydrogen-bond donors (Lipinski definition) is 2. The predicted octanol–water partition coefficient (Wildman–Crippen LogP) is 3.49. The zero-order valence-electron chi connectivity index (χ0n) is 14.9. The number of anilines is 1. The van der Waals surface area contributed by atoms with Gasteiger partial charge in [-0.2, -0.15) is 0 Å². The fourth-order valence-corrected chi connectivity index (χ4v) is 3.38. The summed E-state index contributed by atoms with van der Waals surface area (Å²) < 4.78 is 0. The van der Waals surface area contributed by atoms with E-state index in [9.17, 15) is 4.79 Å². The standard InChI is InChI=1S/C20H25N3O.2ClH/c1-15-13-17-9-5-6-10-19(17)23(15)12-11-22-20(24)14-18(21)16-7-3-2-4-8-16;;/h2-10,15,18H,11-14,21H2,1H3,(H,22,24);2*1H. The molecule has 2 aromatic rings. The van der Waals surface area contributed by atoms with Crippen LogP contribution in [0.5, 0.6) is 0 Å². The molecule has 3 rings (SSSR count). The highest BCUT2D eigenvalue weighted by Gasteiger charge is 2.24. The third-order valence-corrected chi connectivity index (χ3v) is 4.66. The van der Waals surface area contributed by atoms with Crippen molar-refractivity contribution in [1.29, 1.82) is 0 Å². The SMILES string of the molecule is CC1Cc2ccccc2N1CCNC(=O)CC(N)c1ccccc1.Cl.Cl. The van der Waals surface area contributed by atoms with E-state index in [1.165, 1.54) is 11.3 Å². The zero-order chi connectivity index (χ0) is 16.9. The van der Waals surface area contributed by atoms with Gasteiger partial charge in [-0.1, -0.05) is 48.5 Å². The number of hydrogen-bond acceptors (Lipinski definition) is 3. The van der Waals surface area contributed by atoms with Crippen molar-refractivity contribution in [1.82, 2.24) is 5.32 Å². The second kappa shape index (κ2) is 10.4. The molecule has 0 saturated heterocycles. The maximum absolute atomic E-state index is 12.1. The number of amides is 1. The quantitative estimate of drug-likeness (QED) is 0.786. The Kier molecular flexibility index (Phi) is 8.93. The maximum atomic E-state index is 12.1. The summed E-state index contributed by atoms with van der Waals surface area (Å²) in [6.07, 6.45) is 1.39. The van der Waals surface area contributed by atoms with Crippen LogP contribution < -0.4 is 16.0 Å². The first kappa shape index (κ1) is 22.3. The molecule has 0 aromatic heterocycles. The molecule has 4 nitrogen and oxygen atoms in total. The van der Waals surface area contributed by atoms with Crippen LogP contribution in [0.15, 0.2) is 54.6 Å². The lowest BCUT2D eigenvalue weighted by atomic mass is 10.0. The lowest BCUT2D eigenvalue weighted by molar-refractivity contribution is -0.121. The molecule has 2 atom stereocenters. The fourth-order valence-electron chi connectivity index (χ4n) is 3.38. The van der Waals surface area contributed by atoms with Gasteiger partial charge in [-0.05, 0) is 30.5 Å². The van der Waals surface area contributed by atoms with Gasteiger partial charge in [-0.25, -0.2) is 0 Å². The molecular formula is C20H27Cl2N3O. The lowest BCUT2D eigenvalue weighted by Crippen LogP contribution is -2.38. The van der Waals surface area contributed by atoms with E-state index in [0.717, 1.165) is 18.5 Å². The van der Waals surface area contributed by atoms with E-state index < -0.39 is 0 Å². The minimum atomic E-state index is -0.252. The largest absolute Gasteiger partial charge is 0.367 e. The number of carbonyl (C=O) groups is 1. The van der Waals surface area contributed by atoms with Crippen molar-refractivity contribution >= 4 is 36.4 Å². The second-order valence-electron chi connectivity index (χ2n) is 6.45. The van der Waals surface area contributed by atoms with E-state index >= 15 is 0 Å². The number of carbonyl (C=O) groups excluding carboxylic acids is 1. The van der Waals surface area contributed by atoms with Crippen molar-refractivity contribution in [2.24, 2.45) is 5.73 Å². The van der Waals surface area contributed by atoms with Gasteiger partial charge in [-0.15, -0.1) is 24.8 Å². The number of nitrogens with two attached hydrogens (primary N) is 1. The number of halogens is 2. The smallest absolute Gasteiger partial charge is 0.221 e. The third kappa shape index (κ3) is 5.37. The minimum Gasteiger partial charge on any atom is -0.367 e. The van der Waals surface area contributed by atoms with Crippen LogP contribution in [0.25, 0.3) is 0 Å². The molecular weight excluding hydrogens is 369 g/mol. The number of nitrogens with zero attached hydrogens (tertiary/aromatic N) is 1. The van der Waals surface area contributed by atoms with E-state index in [0.29, 0.717) is 19.0 Å². The van der Waals surface area contributed by atoms with Gasteiger partial charge in [0.25, 0.3) is 0 Å². The highest BCUT2D eigenvalue weighted by molar-refractivity contribution is 5.85. The Morgan fingerprint density at radius 2 is 1.81 bits per heavy atom. The van der Waals surface area contributed by atoms with Gasteiger partial charge >= 0.3 is 0 Å². The Balaban J connectivity index is 0.00000169. The zero-order valence-corrected chi connectivity index (χ0v) is 16.6. The van der Waals surface area contributed by atoms with Gasteiger partial charge in [0.05, 0.1) is 0 Å². The first-order chi connectivity index (χ1) is 11.6. The molecule has 0 aliphatic carbocycles. The van der Waals surface area contributed by atoms with E-state index in [-0.39, 0.29) is 36.8 Å². The van der Waals surface area contributed by atoms with Gasteiger partial charge in [0.15, 0.2) is 0 Å². The monoisotopic (exact) mass is 395 g/mol. The molecule has 2 unspecified atom stereocenters.